The predicted molar refractivity (Wildman–Crippen MR) is 73.9 cm³/mol. The molecule has 1 aromatic carbocycles. The van der Waals surface area contributed by atoms with Gasteiger partial charge in [0.1, 0.15) is 0 Å². The van der Waals surface area contributed by atoms with Gasteiger partial charge in [-0.3, -0.25) is 4.79 Å². The van der Waals surface area contributed by atoms with E-state index in [1.54, 1.807) is 12.1 Å². The fraction of sp³-hybridized carbons (Fsp3) is 0.417. The van der Waals surface area contributed by atoms with E-state index in [0.29, 0.717) is 10.9 Å². The summed E-state index contributed by atoms with van der Waals surface area (Å²) in [5.41, 5.74) is 0.478. The number of benzene rings is 1. The Morgan fingerprint density at radius 2 is 2.11 bits per heavy atom. The molecule has 6 heteroatoms. The van der Waals surface area contributed by atoms with E-state index < -0.39 is 13.0 Å². The lowest BCUT2D eigenvalue weighted by Gasteiger charge is -2.22. The Balaban J connectivity index is 2.94. The highest BCUT2D eigenvalue weighted by Gasteiger charge is 2.20. The highest BCUT2D eigenvalue weighted by molar-refractivity contribution is 9.09. The number of thioether (sulfide) groups is 1. The van der Waals surface area contributed by atoms with Crippen molar-refractivity contribution < 1.29 is 13.6 Å². The van der Waals surface area contributed by atoms with Crippen molar-refractivity contribution >= 4 is 33.6 Å². The van der Waals surface area contributed by atoms with Crippen molar-refractivity contribution in [2.45, 2.75) is 11.3 Å². The number of rotatable bonds is 6. The van der Waals surface area contributed by atoms with Crippen LogP contribution >= 0.6 is 27.7 Å². The van der Waals surface area contributed by atoms with E-state index in [9.17, 15) is 13.6 Å². The molecule has 0 radical (unpaired) electrons. The Morgan fingerprint density at radius 3 is 2.67 bits per heavy atom. The van der Waals surface area contributed by atoms with Crippen LogP contribution < -0.4 is 0 Å². The van der Waals surface area contributed by atoms with Gasteiger partial charge in [0.2, 0.25) is 0 Å². The van der Waals surface area contributed by atoms with Gasteiger partial charge in [0.15, 0.2) is 0 Å². The third-order valence-corrected chi connectivity index (χ3v) is 3.49. The fourth-order valence-corrected chi connectivity index (χ4v) is 2.55. The number of hydrogen-bond donors (Lipinski definition) is 0. The maximum Gasteiger partial charge on any atom is 0.255 e. The van der Waals surface area contributed by atoms with Gasteiger partial charge >= 0.3 is 0 Å². The van der Waals surface area contributed by atoms with Crippen molar-refractivity contribution in [3.05, 3.63) is 29.8 Å². The molecule has 0 atom stereocenters. The van der Waals surface area contributed by atoms with Crippen molar-refractivity contribution in [2.75, 3.05) is 24.7 Å². The Morgan fingerprint density at radius 1 is 1.44 bits per heavy atom. The Labute approximate surface area is 118 Å². The molecule has 0 aliphatic heterocycles. The highest BCUT2D eigenvalue weighted by atomic mass is 79.9. The summed E-state index contributed by atoms with van der Waals surface area (Å²) >= 11 is 4.60. The lowest BCUT2D eigenvalue weighted by Crippen LogP contribution is -2.36. The summed E-state index contributed by atoms with van der Waals surface area (Å²) in [5, 5.41) is 0.479. The van der Waals surface area contributed by atoms with Gasteiger partial charge in [-0.05, 0) is 18.4 Å². The van der Waals surface area contributed by atoms with E-state index in [-0.39, 0.29) is 12.5 Å². The second-order valence-corrected chi connectivity index (χ2v) is 5.17. The smallest absolute Gasteiger partial charge is 0.255 e. The molecular formula is C12H14BrF2NOS. The predicted octanol–water partition coefficient (Wildman–Crippen LogP) is 3.51. The normalized spacial score (nSPS) is 10.7. The van der Waals surface area contributed by atoms with Crippen LogP contribution in [-0.4, -0.2) is 41.9 Å². The third kappa shape index (κ3) is 4.24. The summed E-state index contributed by atoms with van der Waals surface area (Å²) < 4.78 is 24.9. The summed E-state index contributed by atoms with van der Waals surface area (Å²) in [7, 11) is 0. The van der Waals surface area contributed by atoms with E-state index in [4.69, 9.17) is 0 Å². The standard InChI is InChI=1S/C12H14BrF2NOS/c1-18-10-5-3-2-4-9(10)12(17)16(7-6-13)8-11(14)15/h2-5,11H,6-8H2,1H3. The zero-order valence-electron chi connectivity index (χ0n) is 9.91. The minimum Gasteiger partial charge on any atom is -0.332 e. The number of carbonyl (C=O) groups excluding carboxylic acids is 1. The molecule has 0 spiro atoms. The largest absolute Gasteiger partial charge is 0.332 e. The number of alkyl halides is 3. The van der Waals surface area contributed by atoms with Crippen molar-refractivity contribution in [3.8, 4) is 0 Å². The first-order valence-electron chi connectivity index (χ1n) is 5.36. The summed E-state index contributed by atoms with van der Waals surface area (Å²) in [6, 6.07) is 7.04. The van der Waals surface area contributed by atoms with Crippen molar-refractivity contribution in [2.24, 2.45) is 0 Å². The molecular weight excluding hydrogens is 324 g/mol. The van der Waals surface area contributed by atoms with Crippen LogP contribution in [0.1, 0.15) is 10.4 Å². The van der Waals surface area contributed by atoms with Gasteiger partial charge < -0.3 is 4.90 Å². The van der Waals surface area contributed by atoms with Crippen molar-refractivity contribution in [1.29, 1.82) is 0 Å². The molecule has 0 saturated heterocycles. The number of halogens is 3. The highest BCUT2D eigenvalue weighted by Crippen LogP contribution is 2.21. The van der Waals surface area contributed by atoms with E-state index in [1.807, 2.05) is 18.4 Å². The summed E-state index contributed by atoms with van der Waals surface area (Å²) in [6.45, 7) is -0.265. The maximum atomic E-state index is 12.5. The Bertz CT molecular complexity index is 403. The fourth-order valence-electron chi connectivity index (χ4n) is 1.54. The molecule has 0 aliphatic carbocycles. The molecule has 1 rings (SSSR count). The van der Waals surface area contributed by atoms with Crippen LogP contribution in [-0.2, 0) is 0 Å². The zero-order chi connectivity index (χ0) is 13.5. The molecule has 0 unspecified atom stereocenters. The maximum absolute atomic E-state index is 12.5. The Kier molecular flexibility index (Phi) is 6.63. The van der Waals surface area contributed by atoms with E-state index in [2.05, 4.69) is 15.9 Å². The van der Waals surface area contributed by atoms with Gasteiger partial charge in [-0.2, -0.15) is 0 Å². The van der Waals surface area contributed by atoms with Crippen molar-refractivity contribution in [3.63, 3.8) is 0 Å². The van der Waals surface area contributed by atoms with Gasteiger partial charge in [-0.15, -0.1) is 11.8 Å². The molecule has 1 aromatic rings. The average Bonchev–Trinajstić information content (AvgIpc) is 2.37. The lowest BCUT2D eigenvalue weighted by atomic mass is 10.2. The summed E-state index contributed by atoms with van der Waals surface area (Å²) in [6.07, 6.45) is -0.664. The van der Waals surface area contributed by atoms with Gasteiger partial charge in [0, 0.05) is 16.8 Å². The number of hydrogen-bond acceptors (Lipinski definition) is 2. The van der Waals surface area contributed by atoms with Gasteiger partial charge in [-0.1, -0.05) is 28.1 Å². The number of amides is 1. The minimum absolute atomic E-state index is 0.270. The number of nitrogens with zero attached hydrogens (tertiary/aromatic N) is 1. The lowest BCUT2D eigenvalue weighted by molar-refractivity contribution is 0.0569. The quantitative estimate of drug-likeness (QED) is 0.584. The molecule has 0 aromatic heterocycles. The molecule has 0 N–H and O–H groups in total. The van der Waals surface area contributed by atoms with Crippen LogP contribution in [0.25, 0.3) is 0 Å². The van der Waals surface area contributed by atoms with E-state index >= 15 is 0 Å². The first-order valence-corrected chi connectivity index (χ1v) is 7.71. The van der Waals surface area contributed by atoms with Crippen LogP contribution in [0, 0.1) is 0 Å². The van der Waals surface area contributed by atoms with Crippen LogP contribution in [0.4, 0.5) is 8.78 Å². The zero-order valence-corrected chi connectivity index (χ0v) is 12.3. The molecule has 2 nitrogen and oxygen atoms in total. The molecule has 0 saturated carbocycles. The van der Waals surface area contributed by atoms with Gasteiger partial charge in [0.25, 0.3) is 12.3 Å². The van der Waals surface area contributed by atoms with Crippen LogP contribution in [0.5, 0.6) is 0 Å². The topological polar surface area (TPSA) is 20.3 Å². The van der Waals surface area contributed by atoms with Gasteiger partial charge in [0.05, 0.1) is 12.1 Å². The molecule has 100 valence electrons. The first kappa shape index (κ1) is 15.4. The molecule has 1 amide bonds. The summed E-state index contributed by atoms with van der Waals surface area (Å²) in [5.74, 6) is -0.347. The van der Waals surface area contributed by atoms with E-state index in [1.165, 1.54) is 16.7 Å². The molecule has 18 heavy (non-hydrogen) atoms. The Hall–Kier alpha value is -0.620. The third-order valence-electron chi connectivity index (χ3n) is 2.34. The van der Waals surface area contributed by atoms with E-state index in [0.717, 1.165) is 4.90 Å². The molecule has 0 aliphatic rings. The van der Waals surface area contributed by atoms with Crippen LogP contribution in [0.2, 0.25) is 0 Å². The minimum atomic E-state index is -2.52. The molecule has 0 heterocycles. The average molecular weight is 338 g/mol. The second-order valence-electron chi connectivity index (χ2n) is 3.53. The SMILES string of the molecule is CSc1ccccc1C(=O)N(CCBr)CC(F)F. The molecule has 0 bridgehead atoms. The number of carbonyl (C=O) groups is 1. The second kappa shape index (κ2) is 7.74. The first-order chi connectivity index (χ1) is 8.60. The van der Waals surface area contributed by atoms with Crippen molar-refractivity contribution in [1.82, 2.24) is 4.90 Å². The molecule has 0 fully saturated rings. The van der Waals surface area contributed by atoms with Gasteiger partial charge in [-0.25, -0.2) is 8.78 Å². The van der Waals surface area contributed by atoms with Crippen LogP contribution in [0.15, 0.2) is 29.2 Å². The summed E-state index contributed by atoms with van der Waals surface area (Å²) in [4.78, 5) is 14.2. The van der Waals surface area contributed by atoms with Crippen LogP contribution in [0.3, 0.4) is 0 Å². The monoisotopic (exact) mass is 337 g/mol.